The fourth-order valence-electron chi connectivity index (χ4n) is 3.28. The molecular formula is C22H28N4O6. The topological polar surface area (TPSA) is 117 Å². The van der Waals surface area contributed by atoms with Crippen molar-refractivity contribution in [3.8, 4) is 0 Å². The maximum absolute atomic E-state index is 12.7. The van der Waals surface area contributed by atoms with E-state index in [2.05, 4.69) is 5.10 Å². The third-order valence-electron chi connectivity index (χ3n) is 4.61. The van der Waals surface area contributed by atoms with Gasteiger partial charge in [-0.3, -0.25) is 10.1 Å². The second-order valence-corrected chi connectivity index (χ2v) is 9.61. The minimum absolute atomic E-state index is 0.103. The molecule has 1 amide bonds. The lowest BCUT2D eigenvalue weighted by atomic mass is 10.0. The molecule has 10 heteroatoms. The van der Waals surface area contributed by atoms with Crippen LogP contribution < -0.4 is 0 Å². The lowest BCUT2D eigenvalue weighted by Gasteiger charge is -2.29. The van der Waals surface area contributed by atoms with Crippen LogP contribution in [0.15, 0.2) is 24.3 Å². The van der Waals surface area contributed by atoms with Crippen LogP contribution in [0.1, 0.15) is 53.7 Å². The maximum Gasteiger partial charge on any atom is 0.435 e. The van der Waals surface area contributed by atoms with Crippen LogP contribution in [0.4, 0.5) is 15.3 Å². The van der Waals surface area contributed by atoms with Gasteiger partial charge in [0.25, 0.3) is 5.69 Å². The van der Waals surface area contributed by atoms with Crippen LogP contribution in [0.5, 0.6) is 0 Å². The van der Waals surface area contributed by atoms with Crippen LogP contribution in [-0.2, 0) is 9.47 Å². The van der Waals surface area contributed by atoms with E-state index in [0.29, 0.717) is 36.1 Å². The molecule has 1 aliphatic rings. The number of hydrogen-bond acceptors (Lipinski definition) is 7. The Bertz CT molecular complexity index is 1100. The van der Waals surface area contributed by atoms with Gasteiger partial charge in [-0.15, -0.1) is 0 Å². The average Bonchev–Trinajstić information content (AvgIpc) is 3.04. The van der Waals surface area contributed by atoms with Crippen LogP contribution in [0, 0.1) is 10.1 Å². The number of hydrogen-bond donors (Lipinski definition) is 0. The molecule has 0 fully saturated rings. The van der Waals surface area contributed by atoms with E-state index in [1.54, 1.807) is 46.4 Å². The second-order valence-electron chi connectivity index (χ2n) is 9.61. The molecule has 0 saturated heterocycles. The molecule has 0 radical (unpaired) electrons. The van der Waals surface area contributed by atoms with Gasteiger partial charge in [-0.2, -0.15) is 9.78 Å². The number of amides is 1. The van der Waals surface area contributed by atoms with Gasteiger partial charge in [0, 0.05) is 30.6 Å². The largest absolute Gasteiger partial charge is 0.444 e. The molecule has 0 bridgehead atoms. The van der Waals surface area contributed by atoms with Crippen LogP contribution in [0.25, 0.3) is 16.5 Å². The highest BCUT2D eigenvalue weighted by atomic mass is 16.6. The van der Waals surface area contributed by atoms with Gasteiger partial charge in [0.05, 0.1) is 16.1 Å². The second kappa shape index (κ2) is 8.25. The first-order valence-electron chi connectivity index (χ1n) is 10.3. The Kier molecular flexibility index (Phi) is 5.99. The van der Waals surface area contributed by atoms with Crippen LogP contribution in [0.2, 0.25) is 0 Å². The molecular weight excluding hydrogens is 416 g/mol. The zero-order valence-electron chi connectivity index (χ0n) is 19.2. The van der Waals surface area contributed by atoms with Crippen LogP contribution in [-0.4, -0.2) is 56.1 Å². The first-order chi connectivity index (χ1) is 14.7. The molecule has 0 N–H and O–H groups in total. The van der Waals surface area contributed by atoms with Crippen molar-refractivity contribution in [2.24, 2.45) is 0 Å². The summed E-state index contributed by atoms with van der Waals surface area (Å²) in [5.41, 5.74) is 0.233. The monoisotopic (exact) mass is 444 g/mol. The number of non-ortho nitro benzene ring substituents is 1. The first-order valence-corrected chi connectivity index (χ1v) is 10.3. The smallest absolute Gasteiger partial charge is 0.435 e. The fourth-order valence-corrected chi connectivity index (χ4v) is 3.28. The van der Waals surface area contributed by atoms with E-state index < -0.39 is 28.3 Å². The average molecular weight is 444 g/mol. The Hall–Kier alpha value is -3.43. The van der Waals surface area contributed by atoms with E-state index in [0.717, 1.165) is 10.3 Å². The standard InChI is InChI=1S/C22H28N4O6/c1-21(2,3)31-19(27)24-11-9-14(10-12-24)18-16-13-15(26(29)30)7-8-17(16)25(23-18)20(28)32-22(4,5)6/h7-9,13H,10-12H2,1-6H3. The number of carbonyl (C=O) groups is 2. The lowest BCUT2D eigenvalue weighted by molar-refractivity contribution is -0.384. The zero-order valence-corrected chi connectivity index (χ0v) is 19.2. The number of carbonyl (C=O) groups excluding carboxylic acids is 2. The van der Waals surface area contributed by atoms with Crippen molar-refractivity contribution >= 4 is 34.3 Å². The predicted molar refractivity (Wildman–Crippen MR) is 118 cm³/mol. The minimum Gasteiger partial charge on any atom is -0.444 e. The molecule has 0 unspecified atom stereocenters. The van der Waals surface area contributed by atoms with Gasteiger partial charge in [-0.1, -0.05) is 6.08 Å². The number of ether oxygens (including phenoxy) is 2. The van der Waals surface area contributed by atoms with Crippen molar-refractivity contribution in [3.05, 3.63) is 40.1 Å². The minimum atomic E-state index is -0.728. The molecule has 0 spiro atoms. The number of rotatable bonds is 2. The summed E-state index contributed by atoms with van der Waals surface area (Å²) in [5, 5.41) is 16.2. The molecule has 0 saturated carbocycles. The molecule has 32 heavy (non-hydrogen) atoms. The maximum atomic E-state index is 12.7. The molecule has 172 valence electrons. The fraction of sp³-hybridized carbons (Fsp3) is 0.500. The van der Waals surface area contributed by atoms with Gasteiger partial charge >= 0.3 is 12.2 Å². The summed E-state index contributed by atoms with van der Waals surface area (Å²) in [5.74, 6) is 0. The van der Waals surface area contributed by atoms with Gasteiger partial charge < -0.3 is 14.4 Å². The molecule has 3 rings (SSSR count). The molecule has 1 aliphatic heterocycles. The van der Waals surface area contributed by atoms with Crippen LogP contribution in [0.3, 0.4) is 0 Å². The highest BCUT2D eigenvalue weighted by molar-refractivity contribution is 5.96. The van der Waals surface area contributed by atoms with Gasteiger partial charge in [0.15, 0.2) is 0 Å². The summed E-state index contributed by atoms with van der Waals surface area (Å²) in [6.07, 6.45) is 1.21. The number of benzene rings is 1. The number of nitro groups is 1. The normalized spacial score (nSPS) is 14.8. The molecule has 1 aromatic carbocycles. The summed E-state index contributed by atoms with van der Waals surface area (Å²) in [6.45, 7) is 11.4. The van der Waals surface area contributed by atoms with Crippen molar-refractivity contribution in [2.45, 2.75) is 59.2 Å². The van der Waals surface area contributed by atoms with Crippen molar-refractivity contribution in [1.82, 2.24) is 14.7 Å². The number of nitro benzene ring substituents is 1. The predicted octanol–water partition coefficient (Wildman–Crippen LogP) is 4.75. The molecule has 10 nitrogen and oxygen atoms in total. The third kappa shape index (κ3) is 5.24. The SMILES string of the molecule is CC(C)(C)OC(=O)N1CC=C(c2nn(C(=O)OC(C)(C)C)c3ccc([N+](=O)[O-])cc23)CC1. The van der Waals surface area contributed by atoms with Gasteiger partial charge in [0.1, 0.15) is 11.2 Å². The summed E-state index contributed by atoms with van der Waals surface area (Å²) in [6, 6.07) is 4.22. The highest BCUT2D eigenvalue weighted by Crippen LogP contribution is 2.32. The van der Waals surface area contributed by atoms with Crippen molar-refractivity contribution in [2.75, 3.05) is 13.1 Å². The van der Waals surface area contributed by atoms with Crippen LogP contribution >= 0.6 is 0 Å². The van der Waals surface area contributed by atoms with Gasteiger partial charge in [0.2, 0.25) is 0 Å². The summed E-state index contributed by atoms with van der Waals surface area (Å²) < 4.78 is 12.0. The molecule has 2 aromatic rings. The summed E-state index contributed by atoms with van der Waals surface area (Å²) in [7, 11) is 0. The number of aromatic nitrogens is 2. The van der Waals surface area contributed by atoms with Gasteiger partial charge in [-0.25, -0.2) is 9.59 Å². The molecule has 2 heterocycles. The highest BCUT2D eigenvalue weighted by Gasteiger charge is 2.28. The van der Waals surface area contributed by atoms with Crippen molar-refractivity contribution < 1.29 is 24.0 Å². The van der Waals surface area contributed by atoms with E-state index >= 15 is 0 Å². The first kappa shape index (κ1) is 23.2. The van der Waals surface area contributed by atoms with Crippen molar-refractivity contribution in [3.63, 3.8) is 0 Å². The Morgan fingerprint density at radius 1 is 1.06 bits per heavy atom. The quantitative estimate of drug-likeness (QED) is 0.484. The van der Waals surface area contributed by atoms with E-state index in [-0.39, 0.29) is 5.69 Å². The molecule has 0 aliphatic carbocycles. The van der Waals surface area contributed by atoms with E-state index in [9.17, 15) is 19.7 Å². The Morgan fingerprint density at radius 3 is 2.22 bits per heavy atom. The Labute approximate surface area is 185 Å². The summed E-state index contributed by atoms with van der Waals surface area (Å²) >= 11 is 0. The summed E-state index contributed by atoms with van der Waals surface area (Å²) in [4.78, 5) is 37.4. The number of nitrogens with zero attached hydrogens (tertiary/aromatic N) is 4. The zero-order chi connectivity index (χ0) is 23.8. The van der Waals surface area contributed by atoms with Gasteiger partial charge in [-0.05, 0) is 59.6 Å². The van der Waals surface area contributed by atoms with E-state index in [4.69, 9.17) is 9.47 Å². The molecule has 0 atom stereocenters. The van der Waals surface area contributed by atoms with E-state index in [1.165, 1.54) is 18.2 Å². The Balaban J connectivity index is 1.98. The third-order valence-corrected chi connectivity index (χ3v) is 4.61. The Morgan fingerprint density at radius 2 is 1.69 bits per heavy atom. The van der Waals surface area contributed by atoms with E-state index in [1.807, 2.05) is 6.08 Å². The lowest BCUT2D eigenvalue weighted by Crippen LogP contribution is -2.39. The molecule has 1 aromatic heterocycles. The van der Waals surface area contributed by atoms with Crippen molar-refractivity contribution in [1.29, 1.82) is 0 Å². The number of fused-ring (bicyclic) bond motifs is 1.